The standard InChI is InChI=1S/C28H30FN3O3/c1-18(23-9-5-7-19-6-3-4-8-24(19)23)30-21-12-13-31(17-21)22-10-11-26(29)25(14-22)27(33)32-15-20(16-32)28(34)35-2/h3-11,14,18,20-21,30H,12-13,15-17H2,1-2H3/t18-,21?/m1/s1. The zero-order chi connectivity index (χ0) is 24.5. The third kappa shape index (κ3) is 4.60. The number of nitrogens with one attached hydrogen (secondary N) is 1. The minimum Gasteiger partial charge on any atom is -0.469 e. The van der Waals surface area contributed by atoms with Crippen molar-refractivity contribution in [1.29, 1.82) is 0 Å². The molecule has 2 aliphatic heterocycles. The molecular formula is C28H30FN3O3. The lowest BCUT2D eigenvalue weighted by Crippen LogP contribution is -2.53. The number of methoxy groups -OCH3 is 1. The Morgan fingerprint density at radius 3 is 2.63 bits per heavy atom. The van der Waals surface area contributed by atoms with Gasteiger partial charge < -0.3 is 19.9 Å². The lowest BCUT2D eigenvalue weighted by Gasteiger charge is -2.37. The molecule has 2 aliphatic rings. The van der Waals surface area contributed by atoms with Crippen LogP contribution in [0.15, 0.2) is 60.7 Å². The topological polar surface area (TPSA) is 61.9 Å². The second-order valence-corrected chi connectivity index (χ2v) is 9.48. The highest BCUT2D eigenvalue weighted by atomic mass is 19.1. The van der Waals surface area contributed by atoms with Crippen LogP contribution in [-0.2, 0) is 9.53 Å². The van der Waals surface area contributed by atoms with E-state index in [0.29, 0.717) is 0 Å². The molecule has 2 heterocycles. The van der Waals surface area contributed by atoms with E-state index in [2.05, 4.69) is 59.6 Å². The van der Waals surface area contributed by atoms with Crippen molar-refractivity contribution >= 4 is 28.3 Å². The maximum Gasteiger partial charge on any atom is 0.312 e. The molecule has 7 heteroatoms. The van der Waals surface area contributed by atoms with Crippen molar-refractivity contribution < 1.29 is 18.7 Å². The van der Waals surface area contributed by atoms with Gasteiger partial charge >= 0.3 is 5.97 Å². The van der Waals surface area contributed by atoms with Gasteiger partial charge in [-0.2, -0.15) is 0 Å². The summed E-state index contributed by atoms with van der Waals surface area (Å²) in [7, 11) is 1.33. The number of amides is 1. The van der Waals surface area contributed by atoms with Crippen LogP contribution < -0.4 is 10.2 Å². The number of carbonyl (C=O) groups excluding carboxylic acids is 2. The van der Waals surface area contributed by atoms with Crippen LogP contribution in [0.25, 0.3) is 10.8 Å². The Balaban J connectivity index is 1.24. The van der Waals surface area contributed by atoms with Gasteiger partial charge in [0, 0.05) is 44.0 Å². The minimum absolute atomic E-state index is 0.0475. The molecule has 0 bridgehead atoms. The van der Waals surface area contributed by atoms with E-state index in [0.717, 1.165) is 25.2 Å². The van der Waals surface area contributed by atoms with E-state index in [-0.39, 0.29) is 48.5 Å². The molecule has 3 aromatic carbocycles. The van der Waals surface area contributed by atoms with E-state index in [9.17, 15) is 14.0 Å². The van der Waals surface area contributed by atoms with E-state index in [1.807, 2.05) is 0 Å². The van der Waals surface area contributed by atoms with E-state index < -0.39 is 5.82 Å². The van der Waals surface area contributed by atoms with Gasteiger partial charge in [0.05, 0.1) is 18.6 Å². The van der Waals surface area contributed by atoms with Gasteiger partial charge in [-0.05, 0) is 47.9 Å². The van der Waals surface area contributed by atoms with Crippen LogP contribution in [0.2, 0.25) is 0 Å². The van der Waals surface area contributed by atoms with Gasteiger partial charge in [-0.3, -0.25) is 9.59 Å². The number of hydrogen-bond acceptors (Lipinski definition) is 5. The first kappa shape index (κ1) is 23.3. The Kier molecular flexibility index (Phi) is 6.43. The summed E-state index contributed by atoms with van der Waals surface area (Å²) >= 11 is 0. The molecule has 2 fully saturated rings. The van der Waals surface area contributed by atoms with E-state index in [4.69, 9.17) is 4.74 Å². The number of benzene rings is 3. The minimum atomic E-state index is -0.543. The number of fused-ring (bicyclic) bond motifs is 1. The number of likely N-dealkylation sites (tertiary alicyclic amines) is 1. The maximum atomic E-state index is 14.5. The number of anilines is 1. The normalized spacial score (nSPS) is 19.0. The number of rotatable bonds is 6. The SMILES string of the molecule is COC(=O)C1CN(C(=O)c2cc(N3CCC(N[C@H](C)c4cccc5ccccc45)C3)ccc2F)C1. The van der Waals surface area contributed by atoms with Gasteiger partial charge in [0.2, 0.25) is 0 Å². The maximum absolute atomic E-state index is 14.5. The summed E-state index contributed by atoms with van der Waals surface area (Å²) in [4.78, 5) is 28.1. The molecule has 35 heavy (non-hydrogen) atoms. The lowest BCUT2D eigenvalue weighted by molar-refractivity contribution is -0.149. The highest BCUT2D eigenvalue weighted by Crippen LogP contribution is 2.29. The Labute approximate surface area is 204 Å². The summed E-state index contributed by atoms with van der Waals surface area (Å²) < 4.78 is 19.3. The first-order valence-electron chi connectivity index (χ1n) is 12.1. The van der Waals surface area contributed by atoms with Gasteiger partial charge in [0.25, 0.3) is 5.91 Å². The molecule has 182 valence electrons. The average Bonchev–Trinajstić information content (AvgIpc) is 3.31. The smallest absolute Gasteiger partial charge is 0.312 e. The van der Waals surface area contributed by atoms with Gasteiger partial charge in [0.1, 0.15) is 5.82 Å². The predicted octanol–water partition coefficient (Wildman–Crippen LogP) is 4.15. The Hall–Kier alpha value is -3.45. The second kappa shape index (κ2) is 9.66. The Morgan fingerprint density at radius 1 is 1.06 bits per heavy atom. The highest BCUT2D eigenvalue weighted by molar-refractivity contribution is 5.97. The molecule has 3 aromatic rings. The monoisotopic (exact) mass is 475 g/mol. The summed E-state index contributed by atoms with van der Waals surface area (Å²) in [5.74, 6) is -1.59. The van der Waals surface area contributed by atoms with Gasteiger partial charge in [-0.15, -0.1) is 0 Å². The molecule has 0 saturated carbocycles. The van der Waals surface area contributed by atoms with Crippen LogP contribution in [0.4, 0.5) is 10.1 Å². The van der Waals surface area contributed by atoms with Crippen molar-refractivity contribution in [3.63, 3.8) is 0 Å². The summed E-state index contributed by atoms with van der Waals surface area (Å²) in [6, 6.07) is 20.0. The summed E-state index contributed by atoms with van der Waals surface area (Å²) in [6.45, 7) is 4.32. The van der Waals surface area contributed by atoms with E-state index in [1.54, 1.807) is 12.1 Å². The highest BCUT2D eigenvalue weighted by Gasteiger charge is 2.37. The van der Waals surface area contributed by atoms with Crippen LogP contribution in [0.1, 0.15) is 35.3 Å². The van der Waals surface area contributed by atoms with Gasteiger partial charge in [-0.25, -0.2) is 4.39 Å². The fourth-order valence-electron chi connectivity index (χ4n) is 5.21. The molecule has 6 nitrogen and oxygen atoms in total. The van der Waals surface area contributed by atoms with Gasteiger partial charge in [-0.1, -0.05) is 42.5 Å². The molecular weight excluding hydrogens is 445 g/mol. The number of nitrogens with zero attached hydrogens (tertiary/aromatic N) is 2. The van der Waals surface area contributed by atoms with Crippen molar-refractivity contribution in [2.75, 3.05) is 38.2 Å². The van der Waals surface area contributed by atoms with Crippen molar-refractivity contribution in [3.8, 4) is 0 Å². The molecule has 5 rings (SSSR count). The molecule has 0 spiro atoms. The predicted molar refractivity (Wildman–Crippen MR) is 134 cm³/mol. The first-order valence-corrected chi connectivity index (χ1v) is 12.1. The lowest BCUT2D eigenvalue weighted by atomic mass is 9.98. The molecule has 2 atom stereocenters. The third-order valence-corrected chi connectivity index (χ3v) is 7.21. The number of ether oxygens (including phenoxy) is 1. The summed E-state index contributed by atoms with van der Waals surface area (Å²) in [5, 5.41) is 6.25. The zero-order valence-corrected chi connectivity index (χ0v) is 20.0. The summed E-state index contributed by atoms with van der Waals surface area (Å²) in [6.07, 6.45) is 0.961. The number of carbonyl (C=O) groups is 2. The molecule has 1 amide bonds. The second-order valence-electron chi connectivity index (χ2n) is 9.48. The van der Waals surface area contributed by atoms with E-state index >= 15 is 0 Å². The molecule has 1 unspecified atom stereocenters. The third-order valence-electron chi connectivity index (χ3n) is 7.21. The van der Waals surface area contributed by atoms with Crippen molar-refractivity contribution in [1.82, 2.24) is 10.2 Å². The first-order chi connectivity index (χ1) is 16.9. The van der Waals surface area contributed by atoms with Crippen LogP contribution >= 0.6 is 0 Å². The quantitative estimate of drug-likeness (QED) is 0.543. The molecule has 0 radical (unpaired) electrons. The van der Waals surface area contributed by atoms with Crippen molar-refractivity contribution in [2.45, 2.75) is 25.4 Å². The van der Waals surface area contributed by atoms with Crippen molar-refractivity contribution in [3.05, 3.63) is 77.6 Å². The number of halogens is 1. The van der Waals surface area contributed by atoms with E-state index in [1.165, 1.54) is 34.4 Å². The fourth-order valence-corrected chi connectivity index (χ4v) is 5.21. The fraction of sp³-hybridized carbons (Fsp3) is 0.357. The average molecular weight is 476 g/mol. The van der Waals surface area contributed by atoms with Crippen LogP contribution in [0.5, 0.6) is 0 Å². The summed E-state index contributed by atoms with van der Waals surface area (Å²) in [5.41, 5.74) is 2.16. The zero-order valence-electron chi connectivity index (χ0n) is 20.0. The van der Waals surface area contributed by atoms with Crippen LogP contribution in [0, 0.1) is 11.7 Å². The molecule has 0 aromatic heterocycles. The Bertz CT molecular complexity index is 1250. The van der Waals surface area contributed by atoms with Crippen LogP contribution in [0.3, 0.4) is 0 Å². The largest absolute Gasteiger partial charge is 0.469 e. The molecule has 0 aliphatic carbocycles. The van der Waals surface area contributed by atoms with Crippen molar-refractivity contribution in [2.24, 2.45) is 5.92 Å². The number of esters is 1. The molecule has 1 N–H and O–H groups in total. The van der Waals surface area contributed by atoms with Gasteiger partial charge in [0.15, 0.2) is 0 Å². The Morgan fingerprint density at radius 2 is 1.83 bits per heavy atom. The van der Waals surface area contributed by atoms with Crippen LogP contribution in [-0.4, -0.2) is 56.1 Å². The molecule has 2 saturated heterocycles. The number of hydrogen-bond donors (Lipinski definition) is 1.